The maximum Gasteiger partial charge on any atom is 0.168 e. The topological polar surface area (TPSA) is 56.7 Å². The average molecular weight is 776 g/mol. The molecule has 0 aliphatic carbocycles. The molecule has 1 aliphatic heterocycles. The molecular weight excluding hydrogens is 735 g/mol. The van der Waals surface area contributed by atoms with Gasteiger partial charge in [-0.25, -0.2) is 15.0 Å². The van der Waals surface area contributed by atoms with Gasteiger partial charge in [0.25, 0.3) is 0 Å². The van der Waals surface area contributed by atoms with Crippen LogP contribution in [0, 0.1) is 20.8 Å². The van der Waals surface area contributed by atoms with Gasteiger partial charge in [0, 0.05) is 49.7 Å². The monoisotopic (exact) mass is 775 g/mol. The number of rotatable bonds is 4. The van der Waals surface area contributed by atoms with E-state index in [1.54, 1.807) is 0 Å². The van der Waals surface area contributed by atoms with Gasteiger partial charge >= 0.3 is 0 Å². The molecule has 0 saturated carbocycles. The van der Waals surface area contributed by atoms with Crippen molar-refractivity contribution >= 4 is 71.8 Å². The molecule has 12 rings (SSSR count). The highest BCUT2D eigenvalue weighted by molar-refractivity contribution is 6.10. The summed E-state index contributed by atoms with van der Waals surface area (Å²) in [5, 5.41) is 5.02. The Hall–Kier alpha value is -7.51. The van der Waals surface area contributed by atoms with Crippen molar-refractivity contribution < 1.29 is 0 Å². The number of nitrogens with zero attached hydrogens (tertiary/aromatic N) is 7. The summed E-state index contributed by atoms with van der Waals surface area (Å²) in [6.45, 7) is 10.7. The van der Waals surface area contributed by atoms with Gasteiger partial charge in [-0.05, 0) is 117 Å². The van der Waals surface area contributed by atoms with Gasteiger partial charge in [-0.3, -0.25) is 4.57 Å². The smallest absolute Gasteiger partial charge is 0.168 e. The van der Waals surface area contributed by atoms with Gasteiger partial charge in [-0.2, -0.15) is 0 Å². The van der Waals surface area contributed by atoms with Crippen molar-refractivity contribution in [3.63, 3.8) is 0 Å². The zero-order valence-electron chi connectivity index (χ0n) is 34.1. The molecule has 0 bridgehead atoms. The third-order valence-electron chi connectivity index (χ3n) is 12.8. The highest BCUT2D eigenvalue weighted by Gasteiger charge is 2.38. The number of aromatic nitrogens is 6. The first-order chi connectivity index (χ1) is 29.3. The molecule has 0 unspecified atom stereocenters. The van der Waals surface area contributed by atoms with Crippen LogP contribution in [0.25, 0.3) is 71.8 Å². The summed E-state index contributed by atoms with van der Waals surface area (Å²) in [5.41, 5.74) is 16.2. The second-order valence-corrected chi connectivity index (χ2v) is 16.6. The van der Waals surface area contributed by atoms with Crippen LogP contribution < -0.4 is 4.90 Å². The van der Waals surface area contributed by atoms with Crippen molar-refractivity contribution in [1.82, 2.24) is 28.7 Å². The third-order valence-corrected chi connectivity index (χ3v) is 12.8. The first kappa shape index (κ1) is 34.5. The maximum atomic E-state index is 4.88. The normalized spacial score (nSPS) is 13.5. The lowest BCUT2D eigenvalue weighted by Crippen LogP contribution is -2.31. The van der Waals surface area contributed by atoms with E-state index in [-0.39, 0.29) is 5.41 Å². The van der Waals surface area contributed by atoms with E-state index in [0.29, 0.717) is 0 Å². The first-order valence-electron chi connectivity index (χ1n) is 20.6. The van der Waals surface area contributed by atoms with Crippen molar-refractivity contribution in [2.75, 3.05) is 4.90 Å². The van der Waals surface area contributed by atoms with E-state index in [9.17, 15) is 0 Å². The van der Waals surface area contributed by atoms with Crippen molar-refractivity contribution in [1.29, 1.82) is 0 Å². The molecule has 0 amide bonds. The molecule has 0 fully saturated rings. The summed E-state index contributed by atoms with van der Waals surface area (Å²) in [6.07, 6.45) is 0. The second kappa shape index (κ2) is 12.5. The summed E-state index contributed by atoms with van der Waals surface area (Å²) >= 11 is 0. The van der Waals surface area contributed by atoms with E-state index in [4.69, 9.17) is 9.97 Å². The maximum absolute atomic E-state index is 4.88. The van der Waals surface area contributed by atoms with Crippen LogP contribution in [0.3, 0.4) is 0 Å². The number of hydrogen-bond acceptors (Lipinski definition) is 4. The molecular formula is C53H41N7. The number of hydrogen-bond donors (Lipinski definition) is 0. The van der Waals surface area contributed by atoms with Crippen molar-refractivity contribution in [3.8, 4) is 17.1 Å². The van der Waals surface area contributed by atoms with Crippen LogP contribution in [-0.2, 0) is 5.41 Å². The van der Waals surface area contributed by atoms with Crippen LogP contribution in [0.5, 0.6) is 0 Å². The van der Waals surface area contributed by atoms with Gasteiger partial charge in [-0.15, -0.1) is 0 Å². The number of aryl methyl sites for hydroxylation is 3. The summed E-state index contributed by atoms with van der Waals surface area (Å²) < 4.78 is 6.99. The Bertz CT molecular complexity index is 3290. The number of fused-ring (bicyclic) bond motifs is 9. The Balaban J connectivity index is 1.08. The van der Waals surface area contributed by atoms with Gasteiger partial charge < -0.3 is 14.0 Å². The minimum absolute atomic E-state index is 0.354. The Kier molecular flexibility index (Phi) is 7.19. The zero-order chi connectivity index (χ0) is 40.4. The highest BCUT2D eigenvalue weighted by atomic mass is 15.2. The van der Waals surface area contributed by atoms with Crippen LogP contribution in [0.1, 0.15) is 42.3 Å². The molecule has 0 atom stereocenters. The van der Waals surface area contributed by atoms with E-state index in [2.05, 4.69) is 195 Å². The fourth-order valence-electron chi connectivity index (χ4n) is 10.1. The molecule has 288 valence electrons. The molecule has 0 spiro atoms. The number of imidazole rings is 1. The lowest BCUT2D eigenvalue weighted by atomic mass is 9.73. The molecule has 60 heavy (non-hydrogen) atoms. The minimum Gasteiger partial charge on any atom is -0.310 e. The molecule has 7 aromatic carbocycles. The SMILES string of the molecule is Cc1nc(C)c2nc(C)n(-c3ccc(N4c5ccc(-n6c7ccccc7c7ccccc76)cc5C(C)(C)c5cc(-n6c7ccccc7c7ccccc76)ccc54)cc3)c2n1. The molecule has 11 aromatic rings. The van der Waals surface area contributed by atoms with Crippen LogP contribution in [0.2, 0.25) is 0 Å². The minimum atomic E-state index is -0.354. The van der Waals surface area contributed by atoms with Gasteiger partial charge in [-0.1, -0.05) is 86.6 Å². The summed E-state index contributed by atoms with van der Waals surface area (Å²) in [4.78, 5) is 16.7. The largest absolute Gasteiger partial charge is 0.310 e. The molecule has 0 radical (unpaired) electrons. The highest BCUT2D eigenvalue weighted by Crippen LogP contribution is 2.53. The summed E-state index contributed by atoms with van der Waals surface area (Å²) in [7, 11) is 0. The van der Waals surface area contributed by atoms with Gasteiger partial charge in [0.05, 0.1) is 39.1 Å². The predicted octanol–water partition coefficient (Wildman–Crippen LogP) is 13.0. The van der Waals surface area contributed by atoms with E-state index in [1.165, 1.54) is 54.7 Å². The van der Waals surface area contributed by atoms with Crippen molar-refractivity contribution in [3.05, 3.63) is 186 Å². The van der Waals surface area contributed by atoms with Gasteiger partial charge in [0.15, 0.2) is 5.65 Å². The van der Waals surface area contributed by atoms with E-state index >= 15 is 0 Å². The zero-order valence-corrected chi connectivity index (χ0v) is 34.1. The van der Waals surface area contributed by atoms with Crippen LogP contribution in [0.15, 0.2) is 158 Å². The summed E-state index contributed by atoms with van der Waals surface area (Å²) in [6, 6.07) is 57.9. The van der Waals surface area contributed by atoms with E-state index in [0.717, 1.165) is 62.6 Å². The summed E-state index contributed by atoms with van der Waals surface area (Å²) in [5.74, 6) is 1.62. The Labute approximate surface area is 347 Å². The lowest BCUT2D eigenvalue weighted by Gasteiger charge is -2.42. The Morgan fingerprint density at radius 1 is 0.417 bits per heavy atom. The fraction of sp³-hybridized carbons (Fsp3) is 0.113. The standard InChI is InChI=1S/C53H41N7/c1-32-51-52(55-33(2)54-32)57(34(3)56-51)35-22-24-36(25-23-35)58-49-28-26-37(59-45-18-10-6-14-39(45)40-15-7-11-19-46(40)59)30-43(49)53(4,5)44-31-38(27-29-50(44)58)60-47-20-12-8-16-41(47)42-17-9-13-21-48(42)60/h6-31H,1-5H3. The lowest BCUT2D eigenvalue weighted by molar-refractivity contribution is 0.631. The molecule has 1 aliphatic rings. The van der Waals surface area contributed by atoms with Crippen LogP contribution in [0.4, 0.5) is 17.1 Å². The second-order valence-electron chi connectivity index (χ2n) is 16.6. The Morgan fingerprint density at radius 2 is 0.833 bits per heavy atom. The molecule has 0 N–H and O–H groups in total. The van der Waals surface area contributed by atoms with Crippen molar-refractivity contribution in [2.24, 2.45) is 0 Å². The van der Waals surface area contributed by atoms with E-state index < -0.39 is 0 Å². The molecule has 0 saturated heterocycles. The van der Waals surface area contributed by atoms with Crippen LogP contribution in [-0.4, -0.2) is 28.7 Å². The average Bonchev–Trinajstić information content (AvgIpc) is 3.91. The molecule has 7 heteroatoms. The predicted molar refractivity (Wildman–Crippen MR) is 246 cm³/mol. The number of para-hydroxylation sites is 4. The first-order valence-corrected chi connectivity index (χ1v) is 20.6. The molecule has 5 heterocycles. The number of benzene rings is 7. The third kappa shape index (κ3) is 4.80. The number of anilines is 3. The fourth-order valence-corrected chi connectivity index (χ4v) is 10.1. The quantitative estimate of drug-likeness (QED) is 0.179. The van der Waals surface area contributed by atoms with E-state index in [1.807, 2.05) is 20.8 Å². The molecule has 7 nitrogen and oxygen atoms in total. The van der Waals surface area contributed by atoms with Gasteiger partial charge in [0.2, 0.25) is 0 Å². The van der Waals surface area contributed by atoms with Gasteiger partial charge in [0.1, 0.15) is 17.2 Å². The molecule has 4 aromatic heterocycles. The van der Waals surface area contributed by atoms with Crippen molar-refractivity contribution in [2.45, 2.75) is 40.0 Å². The Morgan fingerprint density at radius 3 is 1.30 bits per heavy atom. The van der Waals surface area contributed by atoms with Crippen LogP contribution >= 0.6 is 0 Å².